The average Bonchev–Trinajstić information content (AvgIpc) is 2.66. The predicted molar refractivity (Wildman–Crippen MR) is 79.5 cm³/mol. The van der Waals surface area contributed by atoms with Crippen LogP contribution in [-0.4, -0.2) is 40.4 Å². The first-order chi connectivity index (χ1) is 9.04. The van der Waals surface area contributed by atoms with E-state index < -0.39 is 0 Å². The van der Waals surface area contributed by atoms with E-state index in [9.17, 15) is 0 Å². The first-order valence-corrected chi connectivity index (χ1v) is 7.57. The molecule has 1 unspecified atom stereocenters. The number of halogens is 1. The molecule has 108 valence electrons. The number of hydrogen-bond donors (Lipinski definition) is 1. The Bertz CT molecular complexity index is 427. The summed E-state index contributed by atoms with van der Waals surface area (Å²) in [6, 6.07) is 0.574. The molecule has 0 amide bonds. The third kappa shape index (κ3) is 3.12. The Morgan fingerprint density at radius 2 is 2.21 bits per heavy atom. The largest absolute Gasteiger partial charge is 0.314 e. The lowest BCUT2D eigenvalue weighted by Crippen LogP contribution is -2.53. The number of rotatable bonds is 4. The molecule has 1 atom stereocenters. The topological polar surface area (TPSA) is 33.1 Å². The Labute approximate surface area is 121 Å². The van der Waals surface area contributed by atoms with E-state index in [4.69, 9.17) is 11.6 Å². The second kappa shape index (κ2) is 6.25. The molecule has 0 spiro atoms. The van der Waals surface area contributed by atoms with E-state index in [0.717, 1.165) is 49.0 Å². The summed E-state index contributed by atoms with van der Waals surface area (Å²) >= 11 is 6.45. The molecule has 1 aliphatic rings. The van der Waals surface area contributed by atoms with Gasteiger partial charge in [0.05, 0.1) is 16.4 Å². The van der Waals surface area contributed by atoms with E-state index >= 15 is 0 Å². The van der Waals surface area contributed by atoms with E-state index in [1.54, 1.807) is 0 Å². The van der Waals surface area contributed by atoms with Crippen molar-refractivity contribution in [3.8, 4) is 0 Å². The normalized spacial score (nSPS) is 21.3. The Balaban J connectivity index is 2.17. The van der Waals surface area contributed by atoms with Crippen LogP contribution in [-0.2, 0) is 20.0 Å². The van der Waals surface area contributed by atoms with Gasteiger partial charge in [0.2, 0.25) is 0 Å². The Kier molecular flexibility index (Phi) is 4.87. The highest BCUT2D eigenvalue weighted by Gasteiger charge is 2.26. The first-order valence-electron chi connectivity index (χ1n) is 7.19. The van der Waals surface area contributed by atoms with Crippen LogP contribution in [0.15, 0.2) is 0 Å². The Morgan fingerprint density at radius 1 is 1.47 bits per heavy atom. The summed E-state index contributed by atoms with van der Waals surface area (Å²) in [4.78, 5) is 2.53. The van der Waals surface area contributed by atoms with Crippen molar-refractivity contribution in [2.75, 3.05) is 19.6 Å². The zero-order valence-corrected chi connectivity index (χ0v) is 13.2. The molecule has 0 saturated carbocycles. The van der Waals surface area contributed by atoms with Gasteiger partial charge in [0.15, 0.2) is 0 Å². The van der Waals surface area contributed by atoms with Gasteiger partial charge in [-0.05, 0) is 12.3 Å². The van der Waals surface area contributed by atoms with Crippen LogP contribution >= 0.6 is 11.6 Å². The smallest absolute Gasteiger partial charge is 0.0863 e. The molecule has 4 nitrogen and oxygen atoms in total. The van der Waals surface area contributed by atoms with E-state index in [1.165, 1.54) is 0 Å². The monoisotopic (exact) mass is 284 g/mol. The van der Waals surface area contributed by atoms with Crippen LogP contribution in [0.2, 0.25) is 5.02 Å². The lowest BCUT2D eigenvalue weighted by molar-refractivity contribution is 0.114. The van der Waals surface area contributed by atoms with Gasteiger partial charge in [-0.25, -0.2) is 0 Å². The molecule has 0 aromatic carbocycles. The number of aromatic nitrogens is 2. The van der Waals surface area contributed by atoms with Crippen LogP contribution in [0.4, 0.5) is 0 Å². The number of nitrogens with zero attached hydrogens (tertiary/aromatic N) is 3. The lowest BCUT2D eigenvalue weighted by atomic mass is 10.0. The quantitative estimate of drug-likeness (QED) is 0.919. The van der Waals surface area contributed by atoms with Crippen LogP contribution in [0.25, 0.3) is 0 Å². The van der Waals surface area contributed by atoms with Gasteiger partial charge < -0.3 is 5.32 Å². The van der Waals surface area contributed by atoms with Crippen molar-refractivity contribution in [1.82, 2.24) is 20.0 Å². The maximum atomic E-state index is 6.45. The number of hydrogen-bond acceptors (Lipinski definition) is 3. The fourth-order valence-corrected chi connectivity index (χ4v) is 3.16. The molecule has 19 heavy (non-hydrogen) atoms. The molecule has 5 heteroatoms. The molecule has 1 aliphatic heterocycles. The minimum absolute atomic E-state index is 0.574. The molecule has 0 radical (unpaired) electrons. The molecular formula is C14H25ClN4. The highest BCUT2D eigenvalue weighted by atomic mass is 35.5. The van der Waals surface area contributed by atoms with Gasteiger partial charge in [-0.2, -0.15) is 5.10 Å². The highest BCUT2D eigenvalue weighted by Crippen LogP contribution is 2.24. The van der Waals surface area contributed by atoms with Gasteiger partial charge in [0.1, 0.15) is 0 Å². The maximum Gasteiger partial charge on any atom is 0.0863 e. The summed E-state index contributed by atoms with van der Waals surface area (Å²) < 4.78 is 1.95. The predicted octanol–water partition coefficient (Wildman–Crippen LogP) is 2.07. The van der Waals surface area contributed by atoms with Gasteiger partial charge >= 0.3 is 0 Å². The SMILES string of the molecule is CCc1nn(C)c(CN2CCNCC2C(C)C)c1Cl. The number of nitrogens with one attached hydrogen (secondary N) is 1. The van der Waals surface area contributed by atoms with E-state index in [2.05, 4.69) is 36.1 Å². The fourth-order valence-electron chi connectivity index (χ4n) is 2.81. The minimum Gasteiger partial charge on any atom is -0.314 e. The maximum absolute atomic E-state index is 6.45. The fraction of sp³-hybridized carbons (Fsp3) is 0.786. The van der Waals surface area contributed by atoms with E-state index in [-0.39, 0.29) is 0 Å². The zero-order valence-electron chi connectivity index (χ0n) is 12.4. The first kappa shape index (κ1) is 14.8. The van der Waals surface area contributed by atoms with Gasteiger partial charge in [-0.3, -0.25) is 9.58 Å². The van der Waals surface area contributed by atoms with Crippen molar-refractivity contribution in [2.24, 2.45) is 13.0 Å². The molecule has 2 rings (SSSR count). The summed E-state index contributed by atoms with van der Waals surface area (Å²) in [6.07, 6.45) is 0.891. The molecule has 1 saturated heterocycles. The third-order valence-corrected chi connectivity index (χ3v) is 4.46. The van der Waals surface area contributed by atoms with Crippen molar-refractivity contribution >= 4 is 11.6 Å². The van der Waals surface area contributed by atoms with Crippen LogP contribution in [0.5, 0.6) is 0 Å². The van der Waals surface area contributed by atoms with Crippen LogP contribution in [0.1, 0.15) is 32.2 Å². The molecule has 1 fully saturated rings. The second-order valence-electron chi connectivity index (χ2n) is 5.67. The van der Waals surface area contributed by atoms with Crippen molar-refractivity contribution in [1.29, 1.82) is 0 Å². The summed E-state index contributed by atoms with van der Waals surface area (Å²) in [5.74, 6) is 0.644. The van der Waals surface area contributed by atoms with Crippen LogP contribution < -0.4 is 5.32 Å². The van der Waals surface area contributed by atoms with Gasteiger partial charge in [-0.1, -0.05) is 32.4 Å². The zero-order chi connectivity index (χ0) is 14.0. The molecular weight excluding hydrogens is 260 g/mol. The van der Waals surface area contributed by atoms with Crippen molar-refractivity contribution in [3.05, 3.63) is 16.4 Å². The summed E-state index contributed by atoms with van der Waals surface area (Å²) in [5, 5.41) is 8.84. The third-order valence-electron chi connectivity index (χ3n) is 4.02. The van der Waals surface area contributed by atoms with Crippen molar-refractivity contribution in [3.63, 3.8) is 0 Å². The summed E-state index contributed by atoms with van der Waals surface area (Å²) in [7, 11) is 1.99. The molecule has 1 aromatic heterocycles. The standard InChI is InChI=1S/C14H25ClN4/c1-5-11-14(15)13(18(4)17-11)9-19-7-6-16-8-12(19)10(2)3/h10,12,16H,5-9H2,1-4H3. The van der Waals surface area contributed by atoms with Gasteiger partial charge in [0.25, 0.3) is 0 Å². The molecule has 2 heterocycles. The average molecular weight is 285 g/mol. The number of aryl methyl sites for hydroxylation is 2. The molecule has 0 bridgehead atoms. The molecule has 0 aliphatic carbocycles. The summed E-state index contributed by atoms with van der Waals surface area (Å²) in [5.41, 5.74) is 2.15. The second-order valence-corrected chi connectivity index (χ2v) is 6.05. The van der Waals surface area contributed by atoms with E-state index in [1.807, 2.05) is 11.7 Å². The van der Waals surface area contributed by atoms with Crippen molar-refractivity contribution < 1.29 is 0 Å². The van der Waals surface area contributed by atoms with Gasteiger partial charge in [0, 0.05) is 39.3 Å². The van der Waals surface area contributed by atoms with Crippen LogP contribution in [0.3, 0.4) is 0 Å². The van der Waals surface area contributed by atoms with Crippen molar-refractivity contribution in [2.45, 2.75) is 39.8 Å². The molecule has 1 aromatic rings. The highest BCUT2D eigenvalue weighted by molar-refractivity contribution is 6.31. The Hall–Kier alpha value is -0.580. The summed E-state index contributed by atoms with van der Waals surface area (Å²) in [6.45, 7) is 10.8. The molecule has 1 N–H and O–H groups in total. The van der Waals surface area contributed by atoms with Crippen LogP contribution in [0, 0.1) is 5.92 Å². The van der Waals surface area contributed by atoms with Gasteiger partial charge in [-0.15, -0.1) is 0 Å². The lowest BCUT2D eigenvalue weighted by Gasteiger charge is -2.38. The Morgan fingerprint density at radius 3 is 2.79 bits per heavy atom. The van der Waals surface area contributed by atoms with E-state index in [0.29, 0.717) is 12.0 Å². The minimum atomic E-state index is 0.574. The number of piperazine rings is 1.